The maximum atomic E-state index is 11.4. The lowest BCUT2D eigenvalue weighted by molar-refractivity contribution is 0.101. The van der Waals surface area contributed by atoms with Crippen LogP contribution in [0.3, 0.4) is 0 Å². The average molecular weight is 210 g/mol. The van der Waals surface area contributed by atoms with E-state index in [-0.39, 0.29) is 12.4 Å². The molecule has 0 aliphatic rings. The summed E-state index contributed by atoms with van der Waals surface area (Å²) in [6, 6.07) is 3.25. The summed E-state index contributed by atoms with van der Waals surface area (Å²) in [7, 11) is 2.95. The molecule has 1 aromatic carbocycles. The van der Waals surface area contributed by atoms with Crippen LogP contribution in [0.5, 0.6) is 11.5 Å². The molecule has 0 aliphatic heterocycles. The molecular weight excluding hydrogens is 196 g/mol. The van der Waals surface area contributed by atoms with Gasteiger partial charge in [-0.25, -0.2) is 0 Å². The lowest BCUT2D eigenvalue weighted by atomic mass is 10.1. The van der Waals surface area contributed by atoms with Crippen LogP contribution in [-0.4, -0.2) is 25.1 Å². The van der Waals surface area contributed by atoms with Gasteiger partial charge in [0.25, 0.3) is 0 Å². The van der Waals surface area contributed by atoms with Crippen molar-refractivity contribution < 1.29 is 19.4 Å². The average Bonchev–Trinajstić information content (AvgIpc) is 2.26. The van der Waals surface area contributed by atoms with Crippen molar-refractivity contribution in [3.8, 4) is 11.5 Å². The maximum Gasteiger partial charge on any atom is 0.167 e. The number of Topliss-reactive ketones (excluding diaryl/α,β-unsaturated/α-hetero) is 1. The fourth-order valence-corrected chi connectivity index (χ4v) is 1.40. The molecule has 0 atom stereocenters. The summed E-state index contributed by atoms with van der Waals surface area (Å²) in [5, 5.41) is 9.01. The van der Waals surface area contributed by atoms with Gasteiger partial charge in [-0.1, -0.05) is 0 Å². The summed E-state index contributed by atoms with van der Waals surface area (Å²) in [5.74, 6) is 0.713. The molecule has 0 amide bonds. The zero-order valence-corrected chi connectivity index (χ0v) is 9.03. The van der Waals surface area contributed by atoms with Gasteiger partial charge in [0.15, 0.2) is 5.78 Å². The minimum absolute atomic E-state index is 0.120. The van der Waals surface area contributed by atoms with Gasteiger partial charge in [-0.2, -0.15) is 0 Å². The molecule has 0 heterocycles. The third-order valence-electron chi connectivity index (χ3n) is 2.10. The first-order chi connectivity index (χ1) is 7.13. The Bertz CT molecular complexity index is 346. The van der Waals surface area contributed by atoms with Crippen molar-refractivity contribution in [2.45, 2.75) is 13.5 Å². The van der Waals surface area contributed by atoms with Crippen LogP contribution >= 0.6 is 0 Å². The second-order valence-corrected chi connectivity index (χ2v) is 3.09. The van der Waals surface area contributed by atoms with Crippen LogP contribution in [-0.2, 0) is 6.61 Å². The third-order valence-corrected chi connectivity index (χ3v) is 2.10. The normalized spacial score (nSPS) is 9.87. The minimum atomic E-state index is -0.131. The topological polar surface area (TPSA) is 55.8 Å². The molecule has 0 spiro atoms. The number of carbonyl (C=O) groups excluding carboxylic acids is 1. The molecule has 1 aromatic rings. The molecule has 1 N–H and O–H groups in total. The zero-order valence-electron chi connectivity index (χ0n) is 9.03. The molecule has 0 aliphatic carbocycles. The molecule has 0 saturated carbocycles. The fourth-order valence-electron chi connectivity index (χ4n) is 1.40. The molecule has 0 unspecified atom stereocenters. The van der Waals surface area contributed by atoms with Crippen molar-refractivity contribution in [2.24, 2.45) is 0 Å². The quantitative estimate of drug-likeness (QED) is 0.763. The SMILES string of the molecule is COc1cc(CO)cc(OC)c1C(C)=O. The first-order valence-electron chi connectivity index (χ1n) is 4.50. The predicted octanol–water partition coefficient (Wildman–Crippen LogP) is 1.40. The number of benzene rings is 1. The summed E-state index contributed by atoms with van der Waals surface area (Å²) >= 11 is 0. The Morgan fingerprint density at radius 2 is 1.73 bits per heavy atom. The molecule has 4 heteroatoms. The van der Waals surface area contributed by atoms with Crippen LogP contribution < -0.4 is 9.47 Å². The van der Waals surface area contributed by atoms with E-state index in [4.69, 9.17) is 14.6 Å². The van der Waals surface area contributed by atoms with Crippen LogP contribution in [0, 0.1) is 0 Å². The highest BCUT2D eigenvalue weighted by Crippen LogP contribution is 2.30. The van der Waals surface area contributed by atoms with E-state index < -0.39 is 0 Å². The van der Waals surface area contributed by atoms with Crippen LogP contribution in [0.4, 0.5) is 0 Å². The molecule has 0 bridgehead atoms. The van der Waals surface area contributed by atoms with Gasteiger partial charge in [0.1, 0.15) is 17.1 Å². The number of aliphatic hydroxyl groups is 1. The van der Waals surface area contributed by atoms with Gasteiger partial charge < -0.3 is 14.6 Å². The maximum absolute atomic E-state index is 11.4. The number of rotatable bonds is 4. The molecule has 0 fully saturated rings. The van der Waals surface area contributed by atoms with Gasteiger partial charge >= 0.3 is 0 Å². The number of carbonyl (C=O) groups is 1. The highest BCUT2D eigenvalue weighted by Gasteiger charge is 2.15. The van der Waals surface area contributed by atoms with Crippen molar-refractivity contribution >= 4 is 5.78 Å². The Balaban J connectivity index is 3.39. The molecule has 0 aromatic heterocycles. The molecule has 82 valence electrons. The number of hydrogen-bond acceptors (Lipinski definition) is 4. The van der Waals surface area contributed by atoms with E-state index in [1.807, 2.05) is 0 Å². The molecule has 4 nitrogen and oxygen atoms in total. The van der Waals surface area contributed by atoms with Crippen LogP contribution in [0.1, 0.15) is 22.8 Å². The van der Waals surface area contributed by atoms with Crippen molar-refractivity contribution in [3.63, 3.8) is 0 Å². The minimum Gasteiger partial charge on any atom is -0.496 e. The van der Waals surface area contributed by atoms with E-state index in [1.54, 1.807) is 12.1 Å². The highest BCUT2D eigenvalue weighted by atomic mass is 16.5. The van der Waals surface area contributed by atoms with Gasteiger partial charge in [0, 0.05) is 0 Å². The fraction of sp³-hybridized carbons (Fsp3) is 0.364. The zero-order chi connectivity index (χ0) is 11.4. The van der Waals surface area contributed by atoms with E-state index >= 15 is 0 Å². The van der Waals surface area contributed by atoms with Gasteiger partial charge in [0.2, 0.25) is 0 Å². The summed E-state index contributed by atoms with van der Waals surface area (Å²) in [6.45, 7) is 1.32. The Morgan fingerprint density at radius 1 is 1.27 bits per heavy atom. The summed E-state index contributed by atoms with van der Waals surface area (Å²) in [5.41, 5.74) is 1.05. The monoisotopic (exact) mass is 210 g/mol. The van der Waals surface area contributed by atoms with E-state index in [0.717, 1.165) is 0 Å². The highest BCUT2D eigenvalue weighted by molar-refractivity contribution is 5.99. The Morgan fingerprint density at radius 3 is 2.00 bits per heavy atom. The van der Waals surface area contributed by atoms with E-state index in [2.05, 4.69) is 0 Å². The Kier molecular flexibility index (Phi) is 3.68. The standard InChI is InChI=1S/C11H14O4/c1-7(13)11-9(14-2)4-8(6-12)5-10(11)15-3/h4-5,12H,6H2,1-3H3. The molecular formula is C11H14O4. The van der Waals surface area contributed by atoms with E-state index in [1.165, 1.54) is 21.1 Å². The Labute approximate surface area is 88.4 Å². The predicted molar refractivity (Wildman–Crippen MR) is 55.5 cm³/mol. The second-order valence-electron chi connectivity index (χ2n) is 3.09. The van der Waals surface area contributed by atoms with Gasteiger partial charge in [0.05, 0.1) is 20.8 Å². The molecule has 15 heavy (non-hydrogen) atoms. The second kappa shape index (κ2) is 4.79. The number of methoxy groups -OCH3 is 2. The van der Waals surface area contributed by atoms with Gasteiger partial charge in [-0.05, 0) is 24.6 Å². The number of hydrogen-bond donors (Lipinski definition) is 1. The molecule has 1 rings (SSSR count). The van der Waals surface area contributed by atoms with Crippen molar-refractivity contribution in [1.82, 2.24) is 0 Å². The van der Waals surface area contributed by atoms with E-state index in [0.29, 0.717) is 22.6 Å². The van der Waals surface area contributed by atoms with Crippen LogP contribution in [0.25, 0.3) is 0 Å². The number of aliphatic hydroxyl groups excluding tert-OH is 1. The molecule has 0 saturated heterocycles. The van der Waals surface area contributed by atoms with Crippen molar-refractivity contribution in [2.75, 3.05) is 14.2 Å². The van der Waals surface area contributed by atoms with E-state index in [9.17, 15) is 4.79 Å². The van der Waals surface area contributed by atoms with Crippen molar-refractivity contribution in [3.05, 3.63) is 23.3 Å². The van der Waals surface area contributed by atoms with Crippen LogP contribution in [0.2, 0.25) is 0 Å². The first kappa shape index (κ1) is 11.5. The lowest BCUT2D eigenvalue weighted by Crippen LogP contribution is -2.03. The Hall–Kier alpha value is -1.55. The summed E-state index contributed by atoms with van der Waals surface area (Å²) < 4.78 is 10.2. The number of ether oxygens (including phenoxy) is 2. The van der Waals surface area contributed by atoms with Gasteiger partial charge in [-0.3, -0.25) is 4.79 Å². The lowest BCUT2D eigenvalue weighted by Gasteiger charge is -2.12. The summed E-state index contributed by atoms with van der Waals surface area (Å²) in [4.78, 5) is 11.4. The molecule has 0 radical (unpaired) electrons. The largest absolute Gasteiger partial charge is 0.496 e. The summed E-state index contributed by atoms with van der Waals surface area (Å²) in [6.07, 6.45) is 0. The third kappa shape index (κ3) is 2.27. The van der Waals surface area contributed by atoms with Crippen molar-refractivity contribution in [1.29, 1.82) is 0 Å². The van der Waals surface area contributed by atoms with Crippen LogP contribution in [0.15, 0.2) is 12.1 Å². The smallest absolute Gasteiger partial charge is 0.167 e. The first-order valence-corrected chi connectivity index (χ1v) is 4.50. The van der Waals surface area contributed by atoms with Gasteiger partial charge in [-0.15, -0.1) is 0 Å². The number of ketones is 1.